The normalized spacial score (nSPS) is 15.7. The third-order valence-electron chi connectivity index (χ3n) is 2.18. The molecule has 0 aromatic carbocycles. The highest BCUT2D eigenvalue weighted by molar-refractivity contribution is 9.10. The number of carbonyl (C=O) groups excluding carboxylic acids is 1. The highest BCUT2D eigenvalue weighted by Crippen LogP contribution is 2.22. The second-order valence-electron chi connectivity index (χ2n) is 3.34. The first-order valence-corrected chi connectivity index (χ1v) is 4.92. The lowest BCUT2D eigenvalue weighted by Crippen LogP contribution is -2.31. The van der Waals surface area contributed by atoms with Crippen molar-refractivity contribution < 1.29 is 4.79 Å². The fourth-order valence-electron chi connectivity index (χ4n) is 1.40. The van der Waals surface area contributed by atoms with Crippen LogP contribution in [-0.2, 0) is 6.67 Å². The standard InChI is InChI=1S/C8H10BrN3O/c1-5(2)11-4-12-6(9)3-10-7(12)8(11)13/h3,5H,4H2,1-2H3. The van der Waals surface area contributed by atoms with Gasteiger partial charge in [-0.25, -0.2) is 4.98 Å². The van der Waals surface area contributed by atoms with Gasteiger partial charge in [-0.2, -0.15) is 0 Å². The van der Waals surface area contributed by atoms with E-state index >= 15 is 0 Å². The Balaban J connectivity index is 2.38. The van der Waals surface area contributed by atoms with Crippen molar-refractivity contribution in [1.82, 2.24) is 14.5 Å². The summed E-state index contributed by atoms with van der Waals surface area (Å²) in [5, 5.41) is 0. The van der Waals surface area contributed by atoms with Gasteiger partial charge in [0.1, 0.15) is 11.3 Å². The molecule has 5 heteroatoms. The lowest BCUT2D eigenvalue weighted by molar-refractivity contribution is 0.0713. The van der Waals surface area contributed by atoms with E-state index in [1.165, 1.54) is 0 Å². The van der Waals surface area contributed by atoms with Crippen LogP contribution in [0.25, 0.3) is 0 Å². The molecule has 0 bridgehead atoms. The van der Waals surface area contributed by atoms with E-state index < -0.39 is 0 Å². The summed E-state index contributed by atoms with van der Waals surface area (Å²) >= 11 is 3.34. The molecule has 0 atom stereocenters. The number of amides is 1. The Morgan fingerprint density at radius 1 is 1.62 bits per heavy atom. The van der Waals surface area contributed by atoms with Gasteiger partial charge in [-0.05, 0) is 29.8 Å². The van der Waals surface area contributed by atoms with E-state index in [-0.39, 0.29) is 11.9 Å². The predicted octanol–water partition coefficient (Wildman–Crippen LogP) is 1.47. The lowest BCUT2D eigenvalue weighted by Gasteiger charge is -2.19. The van der Waals surface area contributed by atoms with Gasteiger partial charge in [0.25, 0.3) is 5.91 Å². The van der Waals surface area contributed by atoms with Gasteiger partial charge in [-0.15, -0.1) is 0 Å². The molecule has 1 amide bonds. The summed E-state index contributed by atoms with van der Waals surface area (Å²) in [5.41, 5.74) is 0. The van der Waals surface area contributed by atoms with Crippen molar-refractivity contribution >= 4 is 21.8 Å². The van der Waals surface area contributed by atoms with E-state index in [2.05, 4.69) is 20.9 Å². The van der Waals surface area contributed by atoms with Crippen LogP contribution in [0.3, 0.4) is 0 Å². The van der Waals surface area contributed by atoms with Gasteiger partial charge in [0, 0.05) is 6.04 Å². The van der Waals surface area contributed by atoms with Gasteiger partial charge in [-0.1, -0.05) is 0 Å². The molecule has 1 aliphatic rings. The van der Waals surface area contributed by atoms with Crippen molar-refractivity contribution in [2.75, 3.05) is 0 Å². The molecule has 1 aliphatic heterocycles. The molecule has 70 valence electrons. The molecule has 1 aromatic rings. The van der Waals surface area contributed by atoms with Crippen LogP contribution in [0.1, 0.15) is 24.5 Å². The van der Waals surface area contributed by atoms with E-state index in [9.17, 15) is 4.79 Å². The molecule has 0 unspecified atom stereocenters. The van der Waals surface area contributed by atoms with Crippen molar-refractivity contribution in [3.63, 3.8) is 0 Å². The van der Waals surface area contributed by atoms with Gasteiger partial charge >= 0.3 is 0 Å². The van der Waals surface area contributed by atoms with Gasteiger partial charge in [-0.3, -0.25) is 9.36 Å². The molecule has 0 aliphatic carbocycles. The van der Waals surface area contributed by atoms with E-state index in [0.717, 1.165) is 4.60 Å². The number of imidazole rings is 1. The topological polar surface area (TPSA) is 38.1 Å². The van der Waals surface area contributed by atoms with Crippen molar-refractivity contribution in [1.29, 1.82) is 0 Å². The molecule has 0 N–H and O–H groups in total. The number of nitrogens with zero attached hydrogens (tertiary/aromatic N) is 3. The third-order valence-corrected chi connectivity index (χ3v) is 2.81. The molecule has 2 rings (SSSR count). The predicted molar refractivity (Wildman–Crippen MR) is 51.2 cm³/mol. The quantitative estimate of drug-likeness (QED) is 0.750. The van der Waals surface area contributed by atoms with Crippen molar-refractivity contribution in [2.45, 2.75) is 26.6 Å². The Morgan fingerprint density at radius 2 is 2.31 bits per heavy atom. The fraction of sp³-hybridized carbons (Fsp3) is 0.500. The summed E-state index contributed by atoms with van der Waals surface area (Å²) < 4.78 is 2.72. The summed E-state index contributed by atoms with van der Waals surface area (Å²) in [6.45, 7) is 4.60. The Kier molecular flexibility index (Phi) is 1.91. The maximum absolute atomic E-state index is 11.7. The average molecular weight is 244 g/mol. The van der Waals surface area contributed by atoms with Crippen LogP contribution >= 0.6 is 15.9 Å². The van der Waals surface area contributed by atoms with Crippen molar-refractivity contribution in [3.05, 3.63) is 16.6 Å². The molecule has 0 saturated heterocycles. The highest BCUT2D eigenvalue weighted by Gasteiger charge is 2.31. The SMILES string of the molecule is CC(C)N1Cn2c(Br)cnc2C1=O. The zero-order valence-electron chi connectivity index (χ0n) is 7.49. The second-order valence-corrected chi connectivity index (χ2v) is 4.16. The molecular weight excluding hydrogens is 234 g/mol. The maximum Gasteiger partial charge on any atom is 0.291 e. The molecule has 0 saturated carbocycles. The van der Waals surface area contributed by atoms with Gasteiger partial charge in [0.15, 0.2) is 0 Å². The monoisotopic (exact) mass is 243 g/mol. The Labute approximate surface area is 84.7 Å². The number of halogens is 1. The minimum Gasteiger partial charge on any atom is -0.315 e. The minimum absolute atomic E-state index is 0.0145. The molecule has 2 heterocycles. The second kappa shape index (κ2) is 2.83. The summed E-state index contributed by atoms with van der Waals surface area (Å²) in [7, 11) is 0. The summed E-state index contributed by atoms with van der Waals surface area (Å²) in [4.78, 5) is 17.5. The Morgan fingerprint density at radius 3 is 2.85 bits per heavy atom. The van der Waals surface area contributed by atoms with E-state index in [0.29, 0.717) is 12.5 Å². The number of carbonyl (C=O) groups is 1. The summed E-state index contributed by atoms with van der Waals surface area (Å²) in [6.07, 6.45) is 1.66. The van der Waals surface area contributed by atoms with Crippen LogP contribution in [0.5, 0.6) is 0 Å². The number of rotatable bonds is 1. The first kappa shape index (κ1) is 8.74. The number of hydrogen-bond donors (Lipinski definition) is 0. The van der Waals surface area contributed by atoms with E-state index in [4.69, 9.17) is 0 Å². The van der Waals surface area contributed by atoms with Crippen LogP contribution in [0.4, 0.5) is 0 Å². The average Bonchev–Trinajstić information content (AvgIpc) is 2.55. The Bertz CT molecular complexity index is 358. The largest absolute Gasteiger partial charge is 0.315 e. The minimum atomic E-state index is 0.0145. The smallest absolute Gasteiger partial charge is 0.291 e. The lowest BCUT2D eigenvalue weighted by atomic mass is 10.3. The summed E-state index contributed by atoms with van der Waals surface area (Å²) in [5.74, 6) is 0.543. The molecule has 0 fully saturated rings. The number of hydrogen-bond acceptors (Lipinski definition) is 2. The zero-order chi connectivity index (χ0) is 9.59. The van der Waals surface area contributed by atoms with Crippen LogP contribution in [0.15, 0.2) is 10.8 Å². The van der Waals surface area contributed by atoms with Gasteiger partial charge in [0.05, 0.1) is 6.20 Å². The summed E-state index contributed by atoms with van der Waals surface area (Å²) in [6, 6.07) is 0.223. The third kappa shape index (κ3) is 1.18. The van der Waals surface area contributed by atoms with Gasteiger partial charge in [0.2, 0.25) is 5.82 Å². The van der Waals surface area contributed by atoms with Crippen LogP contribution < -0.4 is 0 Å². The molecule has 0 radical (unpaired) electrons. The molecule has 0 spiro atoms. The van der Waals surface area contributed by atoms with Crippen LogP contribution in [-0.4, -0.2) is 26.4 Å². The van der Waals surface area contributed by atoms with Crippen LogP contribution in [0, 0.1) is 0 Å². The number of aromatic nitrogens is 2. The molecule has 13 heavy (non-hydrogen) atoms. The van der Waals surface area contributed by atoms with Crippen molar-refractivity contribution in [3.8, 4) is 0 Å². The number of fused-ring (bicyclic) bond motifs is 1. The highest BCUT2D eigenvalue weighted by atomic mass is 79.9. The first-order valence-electron chi connectivity index (χ1n) is 4.13. The fourth-order valence-corrected chi connectivity index (χ4v) is 1.79. The molecule has 1 aromatic heterocycles. The molecular formula is C8H10BrN3O. The maximum atomic E-state index is 11.7. The zero-order valence-corrected chi connectivity index (χ0v) is 9.08. The van der Waals surface area contributed by atoms with Crippen molar-refractivity contribution in [2.24, 2.45) is 0 Å². The first-order chi connectivity index (χ1) is 6.11. The van der Waals surface area contributed by atoms with Crippen LogP contribution in [0.2, 0.25) is 0 Å². The Hall–Kier alpha value is -0.840. The van der Waals surface area contributed by atoms with E-state index in [1.54, 1.807) is 11.1 Å². The van der Waals surface area contributed by atoms with E-state index in [1.807, 2.05) is 18.4 Å². The molecule has 4 nitrogen and oxygen atoms in total. The van der Waals surface area contributed by atoms with Gasteiger partial charge < -0.3 is 4.90 Å².